The van der Waals surface area contributed by atoms with E-state index in [2.05, 4.69) is 20.2 Å². The number of benzene rings is 1. The van der Waals surface area contributed by atoms with E-state index in [9.17, 15) is 9.50 Å². The Balaban J connectivity index is 1.87. The summed E-state index contributed by atoms with van der Waals surface area (Å²) in [6.45, 7) is 5.42. The largest absolute Gasteiger partial charge is 0.395 e. The molecule has 2 aromatic rings. The van der Waals surface area contributed by atoms with Gasteiger partial charge in [-0.1, -0.05) is 12.1 Å². The van der Waals surface area contributed by atoms with Crippen molar-refractivity contribution in [2.75, 3.05) is 37.7 Å². The minimum atomic E-state index is -0.657. The number of hydrogen-bond acceptors (Lipinski definition) is 5. The van der Waals surface area contributed by atoms with Gasteiger partial charge in [0.05, 0.1) is 6.61 Å². The van der Waals surface area contributed by atoms with E-state index in [1.165, 1.54) is 12.1 Å². The van der Waals surface area contributed by atoms with Crippen molar-refractivity contribution in [1.82, 2.24) is 15.3 Å². The number of rotatable bonds is 4. The van der Waals surface area contributed by atoms with Crippen molar-refractivity contribution in [1.29, 1.82) is 0 Å². The van der Waals surface area contributed by atoms with Gasteiger partial charge in [-0.3, -0.25) is 0 Å². The normalized spacial score (nSPS) is 17.8. The molecule has 0 radical (unpaired) electrons. The molecule has 0 bridgehead atoms. The molecular weight excluding hydrogens is 295 g/mol. The van der Waals surface area contributed by atoms with Crippen LogP contribution in [0.1, 0.15) is 18.1 Å². The summed E-state index contributed by atoms with van der Waals surface area (Å²) in [5.74, 6) is 0.411. The van der Waals surface area contributed by atoms with E-state index < -0.39 is 5.41 Å². The standard InChI is InChI=1S/C17H21FN4O/c1-17(12-23,13-2-4-15(18)5-3-13)14-10-20-16(21-11-14)22-8-6-19-7-9-22/h2-5,10-11,19,23H,6-9,12H2,1H3/t17-/m1/s1. The lowest BCUT2D eigenvalue weighted by Crippen LogP contribution is -2.44. The van der Waals surface area contributed by atoms with Crippen LogP contribution >= 0.6 is 0 Å². The van der Waals surface area contributed by atoms with Crippen LogP contribution in [0.4, 0.5) is 10.3 Å². The van der Waals surface area contributed by atoms with Gasteiger partial charge in [0, 0.05) is 49.6 Å². The molecule has 0 unspecified atom stereocenters. The van der Waals surface area contributed by atoms with Gasteiger partial charge in [0.2, 0.25) is 5.95 Å². The zero-order valence-corrected chi connectivity index (χ0v) is 13.2. The summed E-state index contributed by atoms with van der Waals surface area (Å²) in [6, 6.07) is 6.18. The lowest BCUT2D eigenvalue weighted by Gasteiger charge is -2.30. The molecule has 6 heteroatoms. The second-order valence-electron chi connectivity index (χ2n) is 6.01. The summed E-state index contributed by atoms with van der Waals surface area (Å²) in [6.07, 6.45) is 3.51. The van der Waals surface area contributed by atoms with Crippen LogP contribution < -0.4 is 10.2 Å². The maximum Gasteiger partial charge on any atom is 0.225 e. The maximum absolute atomic E-state index is 13.1. The predicted octanol–water partition coefficient (Wildman–Crippen LogP) is 1.32. The molecule has 1 aromatic heterocycles. The topological polar surface area (TPSA) is 61.3 Å². The van der Waals surface area contributed by atoms with Crippen molar-refractivity contribution in [3.05, 3.63) is 53.6 Å². The van der Waals surface area contributed by atoms with E-state index in [-0.39, 0.29) is 12.4 Å². The monoisotopic (exact) mass is 316 g/mol. The average Bonchev–Trinajstić information content (AvgIpc) is 2.62. The highest BCUT2D eigenvalue weighted by molar-refractivity contribution is 5.39. The maximum atomic E-state index is 13.1. The zero-order chi connectivity index (χ0) is 16.3. The summed E-state index contributed by atoms with van der Waals surface area (Å²) in [4.78, 5) is 11.1. The molecule has 0 spiro atoms. The second kappa shape index (κ2) is 6.60. The fraction of sp³-hybridized carbons (Fsp3) is 0.412. The van der Waals surface area contributed by atoms with Crippen molar-refractivity contribution in [3.63, 3.8) is 0 Å². The number of nitrogens with one attached hydrogen (secondary N) is 1. The summed E-state index contributed by atoms with van der Waals surface area (Å²) in [5, 5.41) is 13.2. The molecule has 1 aliphatic heterocycles. The molecule has 0 aliphatic carbocycles. The van der Waals surface area contributed by atoms with Gasteiger partial charge in [0.25, 0.3) is 0 Å². The first-order valence-corrected chi connectivity index (χ1v) is 7.78. The quantitative estimate of drug-likeness (QED) is 0.891. The van der Waals surface area contributed by atoms with Crippen molar-refractivity contribution in [2.45, 2.75) is 12.3 Å². The zero-order valence-electron chi connectivity index (χ0n) is 13.2. The van der Waals surface area contributed by atoms with Crippen LogP contribution in [0.3, 0.4) is 0 Å². The molecule has 2 N–H and O–H groups in total. The van der Waals surface area contributed by atoms with Crippen molar-refractivity contribution < 1.29 is 9.50 Å². The van der Waals surface area contributed by atoms with Gasteiger partial charge < -0.3 is 15.3 Å². The summed E-state index contributed by atoms with van der Waals surface area (Å²) in [7, 11) is 0. The Bertz CT molecular complexity index is 641. The number of anilines is 1. The van der Waals surface area contributed by atoms with Crippen LogP contribution in [0.25, 0.3) is 0 Å². The van der Waals surface area contributed by atoms with Gasteiger partial charge in [-0.05, 0) is 24.6 Å². The van der Waals surface area contributed by atoms with E-state index in [0.717, 1.165) is 37.3 Å². The molecule has 2 heterocycles. The van der Waals surface area contributed by atoms with E-state index >= 15 is 0 Å². The van der Waals surface area contributed by atoms with Crippen LogP contribution in [-0.2, 0) is 5.41 Å². The molecule has 122 valence electrons. The fourth-order valence-electron chi connectivity index (χ4n) is 2.80. The first-order chi connectivity index (χ1) is 11.1. The number of aliphatic hydroxyl groups is 1. The van der Waals surface area contributed by atoms with E-state index in [1.54, 1.807) is 24.5 Å². The Morgan fingerprint density at radius 2 is 1.74 bits per heavy atom. The van der Waals surface area contributed by atoms with Gasteiger partial charge in [0.1, 0.15) is 5.82 Å². The van der Waals surface area contributed by atoms with Gasteiger partial charge in [0.15, 0.2) is 0 Å². The molecule has 5 nitrogen and oxygen atoms in total. The van der Waals surface area contributed by atoms with E-state index in [1.807, 2.05) is 6.92 Å². The average molecular weight is 316 g/mol. The van der Waals surface area contributed by atoms with Crippen molar-refractivity contribution in [3.8, 4) is 0 Å². The molecular formula is C17H21FN4O. The van der Waals surface area contributed by atoms with Gasteiger partial charge >= 0.3 is 0 Å². The summed E-state index contributed by atoms with van der Waals surface area (Å²) >= 11 is 0. The van der Waals surface area contributed by atoms with E-state index in [4.69, 9.17) is 0 Å². The van der Waals surface area contributed by atoms with E-state index in [0.29, 0.717) is 5.95 Å². The van der Waals surface area contributed by atoms with Gasteiger partial charge in [-0.25, -0.2) is 14.4 Å². The molecule has 0 saturated carbocycles. The molecule has 1 aliphatic rings. The number of halogens is 1. The molecule has 1 saturated heterocycles. The number of aromatic nitrogens is 2. The number of hydrogen-bond donors (Lipinski definition) is 2. The molecule has 1 aromatic carbocycles. The van der Waals surface area contributed by atoms with Crippen molar-refractivity contribution >= 4 is 5.95 Å². The van der Waals surface area contributed by atoms with Crippen LogP contribution in [0.2, 0.25) is 0 Å². The lowest BCUT2D eigenvalue weighted by molar-refractivity contribution is 0.230. The lowest BCUT2D eigenvalue weighted by atomic mass is 9.78. The summed E-state index contributed by atoms with van der Waals surface area (Å²) < 4.78 is 13.1. The number of aliphatic hydroxyl groups excluding tert-OH is 1. The fourth-order valence-corrected chi connectivity index (χ4v) is 2.80. The second-order valence-corrected chi connectivity index (χ2v) is 6.01. The third-order valence-electron chi connectivity index (χ3n) is 4.47. The van der Waals surface area contributed by atoms with Gasteiger partial charge in [-0.15, -0.1) is 0 Å². The van der Waals surface area contributed by atoms with Crippen LogP contribution in [0.15, 0.2) is 36.7 Å². The van der Waals surface area contributed by atoms with Crippen LogP contribution in [-0.4, -0.2) is 47.9 Å². The third kappa shape index (κ3) is 3.18. The highest BCUT2D eigenvalue weighted by Crippen LogP contribution is 2.31. The third-order valence-corrected chi connectivity index (χ3v) is 4.47. The minimum absolute atomic E-state index is 0.102. The van der Waals surface area contributed by atoms with Crippen molar-refractivity contribution in [2.24, 2.45) is 0 Å². The highest BCUT2D eigenvalue weighted by atomic mass is 19.1. The Kier molecular flexibility index (Phi) is 4.54. The Morgan fingerprint density at radius 1 is 1.13 bits per heavy atom. The molecule has 1 atom stereocenters. The van der Waals surface area contributed by atoms with Crippen LogP contribution in [0, 0.1) is 5.82 Å². The minimum Gasteiger partial charge on any atom is -0.395 e. The first-order valence-electron chi connectivity index (χ1n) is 7.78. The summed E-state index contributed by atoms with van der Waals surface area (Å²) in [5.41, 5.74) is 0.987. The Hall–Kier alpha value is -2.05. The predicted molar refractivity (Wildman–Crippen MR) is 87.1 cm³/mol. The number of piperazine rings is 1. The molecule has 3 rings (SSSR count). The SMILES string of the molecule is C[C@@](CO)(c1ccc(F)cc1)c1cnc(N2CCNCC2)nc1. The molecule has 0 amide bonds. The Labute approximate surface area is 135 Å². The first kappa shape index (κ1) is 15.8. The van der Waals surface area contributed by atoms with Crippen LogP contribution in [0.5, 0.6) is 0 Å². The Morgan fingerprint density at radius 3 is 2.30 bits per heavy atom. The molecule has 23 heavy (non-hydrogen) atoms. The number of nitrogens with zero attached hydrogens (tertiary/aromatic N) is 3. The smallest absolute Gasteiger partial charge is 0.225 e. The molecule has 1 fully saturated rings. The van der Waals surface area contributed by atoms with Gasteiger partial charge in [-0.2, -0.15) is 0 Å². The highest BCUT2D eigenvalue weighted by Gasteiger charge is 2.29.